The summed E-state index contributed by atoms with van der Waals surface area (Å²) in [7, 11) is 0. The van der Waals surface area contributed by atoms with Crippen LogP contribution >= 0.6 is 0 Å². The second kappa shape index (κ2) is 4.33. The fourth-order valence-electron chi connectivity index (χ4n) is 2.08. The zero-order chi connectivity index (χ0) is 13.3. The molecule has 0 aromatic heterocycles. The molecule has 1 aliphatic carbocycles. The molecule has 1 aromatic rings. The van der Waals surface area contributed by atoms with Gasteiger partial charge in [0.05, 0.1) is 0 Å². The van der Waals surface area contributed by atoms with E-state index in [9.17, 15) is 19.8 Å². The molecule has 1 aromatic carbocycles. The molecule has 1 unspecified atom stereocenters. The number of carbonyl (C=O) groups is 2. The summed E-state index contributed by atoms with van der Waals surface area (Å²) in [4.78, 5) is 24.1. The molecule has 0 heterocycles. The summed E-state index contributed by atoms with van der Waals surface area (Å²) in [5.74, 6) is -1.01. The summed E-state index contributed by atoms with van der Waals surface area (Å²) in [5.41, 5.74) is -0.914. The Labute approximate surface area is 105 Å². The minimum Gasteiger partial charge on any atom is -0.508 e. The van der Waals surface area contributed by atoms with Crippen LogP contribution < -0.4 is 0 Å². The summed E-state index contributed by atoms with van der Waals surface area (Å²) in [6, 6.07) is 5.90. The van der Waals surface area contributed by atoms with E-state index < -0.39 is 11.5 Å². The number of carboxylic acid groups (broad SMARTS) is 1. The van der Waals surface area contributed by atoms with Crippen molar-refractivity contribution in [3.8, 4) is 5.75 Å². The minimum atomic E-state index is -1.39. The van der Waals surface area contributed by atoms with Gasteiger partial charge in [-0.3, -0.25) is 4.79 Å². The van der Waals surface area contributed by atoms with E-state index in [0.29, 0.717) is 12.0 Å². The van der Waals surface area contributed by atoms with Crippen LogP contribution in [-0.4, -0.2) is 33.5 Å². The van der Waals surface area contributed by atoms with Crippen LogP contribution in [0.5, 0.6) is 5.75 Å². The Morgan fingerprint density at radius 3 is 2.33 bits per heavy atom. The highest BCUT2D eigenvalue weighted by atomic mass is 16.4. The van der Waals surface area contributed by atoms with E-state index in [1.165, 1.54) is 36.1 Å². The Morgan fingerprint density at radius 1 is 1.39 bits per heavy atom. The van der Waals surface area contributed by atoms with E-state index in [4.69, 9.17) is 0 Å². The Bertz CT molecular complexity index is 466. The van der Waals surface area contributed by atoms with Crippen molar-refractivity contribution in [2.24, 2.45) is 0 Å². The molecule has 1 saturated carbocycles. The lowest BCUT2D eigenvalue weighted by Gasteiger charge is -2.35. The smallest absolute Gasteiger partial charge is 0.334 e. The number of benzene rings is 1. The van der Waals surface area contributed by atoms with Gasteiger partial charge in [0.15, 0.2) is 5.54 Å². The third-order valence-electron chi connectivity index (χ3n) is 3.42. The number of carboxylic acids is 1. The van der Waals surface area contributed by atoms with Crippen molar-refractivity contribution < 1.29 is 19.8 Å². The van der Waals surface area contributed by atoms with Crippen molar-refractivity contribution in [2.45, 2.75) is 31.3 Å². The highest BCUT2D eigenvalue weighted by Crippen LogP contribution is 2.37. The molecule has 0 spiro atoms. The fraction of sp³-hybridized carbons (Fsp3) is 0.385. The number of aliphatic carboxylic acids is 1. The predicted molar refractivity (Wildman–Crippen MR) is 64.0 cm³/mol. The van der Waals surface area contributed by atoms with Crippen LogP contribution in [0.15, 0.2) is 24.3 Å². The van der Waals surface area contributed by atoms with Gasteiger partial charge in [-0.15, -0.1) is 0 Å². The van der Waals surface area contributed by atoms with E-state index in [0.717, 1.165) is 12.8 Å². The molecular formula is C13H15NO4. The number of rotatable bonds is 5. The van der Waals surface area contributed by atoms with Crippen LogP contribution in [0, 0.1) is 0 Å². The van der Waals surface area contributed by atoms with E-state index >= 15 is 0 Å². The summed E-state index contributed by atoms with van der Waals surface area (Å²) in [6.45, 7) is 1.51. The van der Waals surface area contributed by atoms with Crippen LogP contribution in [0.4, 0.5) is 0 Å². The quantitative estimate of drug-likeness (QED) is 0.771. The van der Waals surface area contributed by atoms with Gasteiger partial charge >= 0.3 is 5.97 Å². The number of carbonyl (C=O) groups excluding carboxylic acids is 1. The first kappa shape index (κ1) is 12.4. The molecule has 0 aliphatic heterocycles. The number of hydrogen-bond donors (Lipinski definition) is 2. The Kier molecular flexibility index (Phi) is 2.98. The highest BCUT2D eigenvalue weighted by molar-refractivity contribution is 5.83. The lowest BCUT2D eigenvalue weighted by atomic mass is 9.90. The average molecular weight is 249 g/mol. The van der Waals surface area contributed by atoms with Gasteiger partial charge < -0.3 is 15.1 Å². The standard InChI is InChI=1S/C13H15NO4/c1-13(12(17)18,14(8-15)10-4-5-10)9-2-6-11(16)7-3-9/h2-3,6-8,10,16H,4-5H2,1H3,(H,17,18). The molecule has 1 amide bonds. The van der Waals surface area contributed by atoms with E-state index in [2.05, 4.69) is 0 Å². The van der Waals surface area contributed by atoms with E-state index in [-0.39, 0.29) is 11.8 Å². The van der Waals surface area contributed by atoms with Gasteiger partial charge in [-0.05, 0) is 37.5 Å². The number of phenols is 1. The first-order valence-corrected chi connectivity index (χ1v) is 5.76. The molecule has 1 atom stereocenters. The van der Waals surface area contributed by atoms with E-state index in [1.807, 2.05) is 0 Å². The SMILES string of the molecule is CC(C(=O)O)(c1ccc(O)cc1)N(C=O)C1CC1. The third kappa shape index (κ3) is 1.92. The van der Waals surface area contributed by atoms with Crippen molar-refractivity contribution in [3.05, 3.63) is 29.8 Å². The number of hydrogen-bond acceptors (Lipinski definition) is 3. The lowest BCUT2D eigenvalue weighted by molar-refractivity contribution is -0.155. The first-order chi connectivity index (χ1) is 8.50. The number of phenolic OH excluding ortho intramolecular Hbond substituents is 1. The van der Waals surface area contributed by atoms with Gasteiger partial charge in [0.1, 0.15) is 5.75 Å². The van der Waals surface area contributed by atoms with Gasteiger partial charge in [-0.1, -0.05) is 12.1 Å². The van der Waals surface area contributed by atoms with E-state index in [1.54, 1.807) is 0 Å². The molecule has 0 bridgehead atoms. The summed E-state index contributed by atoms with van der Waals surface area (Å²) in [6.07, 6.45) is 2.26. The molecule has 96 valence electrons. The molecular weight excluding hydrogens is 234 g/mol. The van der Waals surface area contributed by atoms with Gasteiger partial charge in [-0.25, -0.2) is 4.79 Å². The maximum atomic E-state index is 11.6. The average Bonchev–Trinajstić information content (AvgIpc) is 3.14. The molecule has 5 heteroatoms. The van der Waals surface area contributed by atoms with Crippen LogP contribution in [0.1, 0.15) is 25.3 Å². The maximum Gasteiger partial charge on any atom is 0.334 e. The van der Waals surface area contributed by atoms with Crippen molar-refractivity contribution >= 4 is 12.4 Å². The van der Waals surface area contributed by atoms with Crippen LogP contribution in [0.2, 0.25) is 0 Å². The Hall–Kier alpha value is -2.04. The minimum absolute atomic E-state index is 0.00240. The zero-order valence-corrected chi connectivity index (χ0v) is 10.0. The number of aromatic hydroxyl groups is 1. The number of nitrogens with zero attached hydrogens (tertiary/aromatic N) is 1. The first-order valence-electron chi connectivity index (χ1n) is 5.76. The molecule has 2 rings (SSSR count). The fourth-order valence-corrected chi connectivity index (χ4v) is 2.08. The molecule has 1 aliphatic rings. The Morgan fingerprint density at radius 2 is 1.94 bits per heavy atom. The molecule has 0 saturated heterocycles. The molecule has 0 radical (unpaired) electrons. The summed E-state index contributed by atoms with van der Waals surface area (Å²) < 4.78 is 0. The van der Waals surface area contributed by atoms with Crippen molar-refractivity contribution in [1.82, 2.24) is 4.90 Å². The van der Waals surface area contributed by atoms with Gasteiger partial charge in [0.25, 0.3) is 0 Å². The monoisotopic (exact) mass is 249 g/mol. The predicted octanol–water partition coefficient (Wildman–Crippen LogP) is 1.31. The van der Waals surface area contributed by atoms with Gasteiger partial charge in [0, 0.05) is 6.04 Å². The third-order valence-corrected chi connectivity index (χ3v) is 3.42. The lowest BCUT2D eigenvalue weighted by Crippen LogP contribution is -2.50. The normalized spacial score (nSPS) is 17.8. The van der Waals surface area contributed by atoms with Crippen molar-refractivity contribution in [3.63, 3.8) is 0 Å². The number of amides is 1. The summed E-state index contributed by atoms with van der Waals surface area (Å²) >= 11 is 0. The zero-order valence-electron chi connectivity index (χ0n) is 10.0. The van der Waals surface area contributed by atoms with Crippen LogP contribution in [0.3, 0.4) is 0 Å². The van der Waals surface area contributed by atoms with Gasteiger partial charge in [0.2, 0.25) is 6.41 Å². The molecule has 1 fully saturated rings. The Balaban J connectivity index is 2.45. The highest BCUT2D eigenvalue weighted by Gasteiger charge is 2.47. The molecule has 5 nitrogen and oxygen atoms in total. The summed E-state index contributed by atoms with van der Waals surface area (Å²) in [5, 5.41) is 18.7. The molecule has 2 N–H and O–H groups in total. The van der Waals surface area contributed by atoms with Gasteiger partial charge in [-0.2, -0.15) is 0 Å². The second-order valence-corrected chi connectivity index (χ2v) is 4.67. The topological polar surface area (TPSA) is 77.8 Å². The maximum absolute atomic E-state index is 11.6. The van der Waals surface area contributed by atoms with Crippen molar-refractivity contribution in [1.29, 1.82) is 0 Å². The molecule has 18 heavy (non-hydrogen) atoms. The van der Waals surface area contributed by atoms with Crippen LogP contribution in [-0.2, 0) is 15.1 Å². The largest absolute Gasteiger partial charge is 0.508 e. The second-order valence-electron chi connectivity index (χ2n) is 4.67. The van der Waals surface area contributed by atoms with Crippen molar-refractivity contribution in [2.75, 3.05) is 0 Å². The van der Waals surface area contributed by atoms with Crippen LogP contribution in [0.25, 0.3) is 0 Å².